The van der Waals surface area contributed by atoms with Crippen molar-refractivity contribution in [3.05, 3.63) is 68.7 Å². The third-order valence-corrected chi connectivity index (χ3v) is 6.22. The van der Waals surface area contributed by atoms with Crippen molar-refractivity contribution in [3.63, 3.8) is 0 Å². The largest absolute Gasteiger partial charge is 0.480 e. The molecule has 26 heavy (non-hydrogen) atoms. The summed E-state index contributed by atoms with van der Waals surface area (Å²) < 4.78 is 14.3. The number of aliphatic carboxylic acids is 1. The maximum atomic E-state index is 12.5. The molecule has 7 heteroatoms. The van der Waals surface area contributed by atoms with E-state index in [2.05, 4.69) is 0 Å². The average molecular weight is 406 g/mol. The summed E-state index contributed by atoms with van der Waals surface area (Å²) in [6, 6.07) is 10.7. The van der Waals surface area contributed by atoms with E-state index in [9.17, 15) is 14.1 Å². The fourth-order valence-electron chi connectivity index (χ4n) is 3.44. The summed E-state index contributed by atoms with van der Waals surface area (Å²) in [7, 11) is -1.29. The lowest BCUT2D eigenvalue weighted by atomic mass is 9.97. The number of aromatic nitrogens is 1. The molecule has 3 aromatic rings. The summed E-state index contributed by atoms with van der Waals surface area (Å²) in [5.41, 5.74) is 4.06. The molecule has 132 valence electrons. The van der Waals surface area contributed by atoms with Crippen molar-refractivity contribution in [2.24, 2.45) is 0 Å². The summed E-state index contributed by atoms with van der Waals surface area (Å²) >= 11 is 12.2. The molecule has 2 heterocycles. The Balaban J connectivity index is 2.02. The Hall–Kier alpha value is -2.08. The van der Waals surface area contributed by atoms with E-state index >= 15 is 0 Å². The maximum Gasteiger partial charge on any atom is 0.323 e. The number of benzene rings is 2. The predicted molar refractivity (Wildman–Crippen MR) is 104 cm³/mol. The standard InChI is InChI=1S/C19H13Cl2NO3S/c1-10-19(15-9-26(25)17-7-12(21)2-4-13(15)17)14-5-3-11(20)6-16(14)22(10)8-18(23)24/h2-7,9H,8H2,1H3,(H,23,24). The molecule has 2 aromatic carbocycles. The van der Waals surface area contributed by atoms with E-state index < -0.39 is 16.8 Å². The van der Waals surface area contributed by atoms with E-state index in [1.54, 1.807) is 34.2 Å². The zero-order valence-electron chi connectivity index (χ0n) is 13.6. The minimum atomic E-state index is -1.29. The van der Waals surface area contributed by atoms with E-state index in [-0.39, 0.29) is 6.54 Å². The molecule has 0 spiro atoms. The summed E-state index contributed by atoms with van der Waals surface area (Å²) in [5.74, 6) is -0.937. The van der Waals surface area contributed by atoms with Crippen LogP contribution in [0.1, 0.15) is 16.8 Å². The molecule has 4 rings (SSSR count). The first-order chi connectivity index (χ1) is 12.4. The fourth-order valence-corrected chi connectivity index (χ4v) is 5.07. The number of hydrogen-bond donors (Lipinski definition) is 1. The first-order valence-electron chi connectivity index (χ1n) is 7.79. The minimum absolute atomic E-state index is 0.174. The van der Waals surface area contributed by atoms with Gasteiger partial charge in [-0.15, -0.1) is 0 Å². The summed E-state index contributed by atoms with van der Waals surface area (Å²) in [5, 5.41) is 12.9. The lowest BCUT2D eigenvalue weighted by Crippen LogP contribution is -2.10. The quantitative estimate of drug-likeness (QED) is 0.677. The van der Waals surface area contributed by atoms with Gasteiger partial charge in [-0.05, 0) is 36.8 Å². The Bertz CT molecular complexity index is 1150. The highest BCUT2D eigenvalue weighted by molar-refractivity contribution is 7.88. The van der Waals surface area contributed by atoms with Gasteiger partial charge in [0.2, 0.25) is 0 Å². The maximum absolute atomic E-state index is 12.5. The van der Waals surface area contributed by atoms with Crippen LogP contribution in [0.2, 0.25) is 10.0 Å². The third-order valence-electron chi connectivity index (χ3n) is 4.52. The van der Waals surface area contributed by atoms with E-state index in [0.29, 0.717) is 14.9 Å². The van der Waals surface area contributed by atoms with Crippen LogP contribution in [0.4, 0.5) is 0 Å². The van der Waals surface area contributed by atoms with Crippen molar-refractivity contribution in [2.75, 3.05) is 0 Å². The van der Waals surface area contributed by atoms with Crippen molar-refractivity contribution in [1.29, 1.82) is 0 Å². The number of carboxylic acids is 1. The molecular weight excluding hydrogens is 393 g/mol. The Morgan fingerprint density at radius 1 is 1.15 bits per heavy atom. The van der Waals surface area contributed by atoms with Gasteiger partial charge in [0.15, 0.2) is 0 Å². The molecule has 1 aliphatic heterocycles. The molecular formula is C19H13Cl2NO3S. The first-order valence-corrected chi connectivity index (χ1v) is 9.76. The highest BCUT2D eigenvalue weighted by Gasteiger charge is 2.27. The van der Waals surface area contributed by atoms with Gasteiger partial charge in [0.1, 0.15) is 6.54 Å². The van der Waals surface area contributed by atoms with Gasteiger partial charge in [0.05, 0.1) is 21.2 Å². The van der Waals surface area contributed by atoms with Crippen LogP contribution in [0.3, 0.4) is 0 Å². The number of hydrogen-bond acceptors (Lipinski definition) is 2. The molecule has 0 fully saturated rings. The highest BCUT2D eigenvalue weighted by Crippen LogP contribution is 2.42. The number of nitrogens with zero attached hydrogens (tertiary/aromatic N) is 1. The lowest BCUT2D eigenvalue weighted by Gasteiger charge is -2.08. The lowest BCUT2D eigenvalue weighted by molar-refractivity contribution is -0.137. The Morgan fingerprint density at radius 2 is 1.85 bits per heavy atom. The molecule has 0 aliphatic carbocycles. The smallest absolute Gasteiger partial charge is 0.323 e. The number of carbonyl (C=O) groups is 1. The van der Waals surface area contributed by atoms with Gasteiger partial charge in [0.25, 0.3) is 0 Å². The van der Waals surface area contributed by atoms with Crippen LogP contribution in [0.25, 0.3) is 16.5 Å². The van der Waals surface area contributed by atoms with Crippen LogP contribution < -0.4 is 0 Å². The molecule has 1 N–H and O–H groups in total. The summed E-state index contributed by atoms with van der Waals surface area (Å²) in [6.07, 6.45) is 0. The highest BCUT2D eigenvalue weighted by atomic mass is 35.5. The molecule has 0 bridgehead atoms. The Kier molecular flexibility index (Phi) is 4.18. The van der Waals surface area contributed by atoms with Gasteiger partial charge in [0, 0.05) is 37.7 Å². The Morgan fingerprint density at radius 3 is 2.58 bits per heavy atom. The van der Waals surface area contributed by atoms with Gasteiger partial charge in [-0.2, -0.15) is 0 Å². The molecule has 4 nitrogen and oxygen atoms in total. The van der Waals surface area contributed by atoms with E-state index in [4.69, 9.17) is 23.2 Å². The monoisotopic (exact) mass is 405 g/mol. The number of fused-ring (bicyclic) bond motifs is 2. The van der Waals surface area contributed by atoms with Gasteiger partial charge in [-0.3, -0.25) is 4.79 Å². The molecule has 1 aromatic heterocycles. The van der Waals surface area contributed by atoms with Crippen LogP contribution >= 0.6 is 23.2 Å². The average Bonchev–Trinajstić information content (AvgIpc) is 3.02. The van der Waals surface area contributed by atoms with Gasteiger partial charge in [-0.25, -0.2) is 4.21 Å². The van der Waals surface area contributed by atoms with Crippen LogP contribution in [0.15, 0.2) is 46.7 Å². The number of carboxylic acid groups (broad SMARTS) is 1. The van der Waals surface area contributed by atoms with Crippen LogP contribution in [0, 0.1) is 6.92 Å². The molecule has 0 saturated carbocycles. The SMILES string of the molecule is Cc1c(C2=CS(=O)c3cc(Cl)ccc32)c2ccc(Cl)cc2n1CC(=O)O. The predicted octanol–water partition coefficient (Wildman–Crippen LogP) is 4.85. The van der Waals surface area contributed by atoms with Crippen molar-refractivity contribution >= 4 is 56.4 Å². The van der Waals surface area contributed by atoms with E-state index in [0.717, 1.165) is 33.3 Å². The van der Waals surface area contributed by atoms with Crippen molar-refractivity contribution in [2.45, 2.75) is 18.4 Å². The second-order valence-electron chi connectivity index (χ2n) is 6.07. The first kappa shape index (κ1) is 17.3. The molecule has 0 amide bonds. The van der Waals surface area contributed by atoms with Crippen LogP contribution in [-0.2, 0) is 22.1 Å². The van der Waals surface area contributed by atoms with Crippen molar-refractivity contribution in [3.8, 4) is 0 Å². The van der Waals surface area contributed by atoms with Crippen molar-refractivity contribution in [1.82, 2.24) is 4.57 Å². The summed E-state index contributed by atoms with van der Waals surface area (Å²) in [6.45, 7) is 1.69. The second-order valence-corrected chi connectivity index (χ2v) is 8.21. The molecule has 1 atom stereocenters. The zero-order chi connectivity index (χ0) is 18.6. The topological polar surface area (TPSA) is 59.3 Å². The fraction of sp³-hybridized carbons (Fsp3) is 0.105. The normalized spacial score (nSPS) is 16.0. The van der Waals surface area contributed by atoms with E-state index in [1.165, 1.54) is 0 Å². The van der Waals surface area contributed by atoms with Gasteiger partial charge in [-0.1, -0.05) is 35.3 Å². The van der Waals surface area contributed by atoms with E-state index in [1.807, 2.05) is 19.1 Å². The van der Waals surface area contributed by atoms with Crippen molar-refractivity contribution < 1.29 is 14.1 Å². The second kappa shape index (κ2) is 6.27. The van der Waals surface area contributed by atoms with Crippen LogP contribution in [0.5, 0.6) is 0 Å². The molecule has 0 radical (unpaired) electrons. The summed E-state index contributed by atoms with van der Waals surface area (Å²) in [4.78, 5) is 12.0. The molecule has 1 unspecified atom stereocenters. The zero-order valence-corrected chi connectivity index (χ0v) is 16.0. The Labute approximate surface area is 162 Å². The van der Waals surface area contributed by atoms with Gasteiger partial charge >= 0.3 is 5.97 Å². The number of rotatable bonds is 3. The van der Waals surface area contributed by atoms with Gasteiger partial charge < -0.3 is 9.67 Å². The molecule has 0 saturated heterocycles. The molecule has 1 aliphatic rings. The van der Waals surface area contributed by atoms with Crippen LogP contribution in [-0.4, -0.2) is 19.9 Å². The third kappa shape index (κ3) is 2.67. The number of halogens is 2. The minimum Gasteiger partial charge on any atom is -0.480 e.